The van der Waals surface area contributed by atoms with Gasteiger partial charge in [-0.25, -0.2) is 0 Å². The van der Waals surface area contributed by atoms with Crippen LogP contribution < -0.4 is 16.4 Å². The molecule has 0 saturated heterocycles. The lowest BCUT2D eigenvalue weighted by molar-refractivity contribution is 1.16. The van der Waals surface area contributed by atoms with Gasteiger partial charge in [-0.15, -0.1) is 0 Å². The van der Waals surface area contributed by atoms with Gasteiger partial charge in [0.15, 0.2) is 0 Å². The van der Waals surface area contributed by atoms with Gasteiger partial charge in [-0.2, -0.15) is 0 Å². The van der Waals surface area contributed by atoms with Crippen LogP contribution in [0.1, 0.15) is 38.9 Å². The van der Waals surface area contributed by atoms with E-state index in [0.29, 0.717) is 0 Å². The summed E-state index contributed by atoms with van der Waals surface area (Å²) in [6.45, 7) is 16.3. The molecule has 0 aliphatic heterocycles. The average molecular weight is 1000 g/mol. The first-order valence-electron chi connectivity index (χ1n) is 27.5. The minimum atomic E-state index is -0.00233. The third-order valence-corrected chi connectivity index (χ3v) is 17.2. The molecule has 0 radical (unpaired) electrons. The Kier molecular flexibility index (Phi) is 10.2. The van der Waals surface area contributed by atoms with Crippen molar-refractivity contribution in [3.63, 3.8) is 0 Å². The molecule has 0 unspecified atom stereocenters. The number of aryl methyl sites for hydroxylation is 7. The fourth-order valence-electron chi connectivity index (χ4n) is 14.3. The van der Waals surface area contributed by atoms with E-state index < -0.39 is 0 Å². The summed E-state index contributed by atoms with van der Waals surface area (Å²) in [6.07, 6.45) is 0. The number of nitrogens with zero attached hydrogens (tertiary/aromatic N) is 4. The molecule has 0 saturated carbocycles. The summed E-state index contributed by atoms with van der Waals surface area (Å²) in [4.78, 5) is 0. The molecule has 0 atom stereocenters. The quantitative estimate of drug-likeness (QED) is 0.142. The van der Waals surface area contributed by atoms with Gasteiger partial charge in [-0.3, -0.25) is 0 Å². The number of hydrogen-bond acceptors (Lipinski definition) is 0. The van der Waals surface area contributed by atoms with Crippen LogP contribution in [0.3, 0.4) is 0 Å². The van der Waals surface area contributed by atoms with Crippen molar-refractivity contribution in [2.75, 3.05) is 0 Å². The first kappa shape index (κ1) is 46.0. The highest BCUT2D eigenvalue weighted by Crippen LogP contribution is 2.42. The molecule has 4 heterocycles. The van der Waals surface area contributed by atoms with Crippen molar-refractivity contribution >= 4 is 110 Å². The molecule has 372 valence electrons. The summed E-state index contributed by atoms with van der Waals surface area (Å²) in [6, 6.07) is 81.6. The number of benzene rings is 11. The molecule has 15 rings (SSSR count). The van der Waals surface area contributed by atoms with Gasteiger partial charge in [0.2, 0.25) is 6.71 Å². The zero-order chi connectivity index (χ0) is 52.7. The molecular weight excluding hydrogens is 944 g/mol. The summed E-state index contributed by atoms with van der Waals surface area (Å²) in [5, 5.41) is 10.0. The van der Waals surface area contributed by atoms with Crippen molar-refractivity contribution in [2.45, 2.75) is 48.5 Å². The van der Waals surface area contributed by atoms with Crippen molar-refractivity contribution in [3.8, 4) is 22.7 Å². The van der Waals surface area contributed by atoms with E-state index in [0.717, 1.165) is 0 Å². The Bertz CT molecular complexity index is 4630. The van der Waals surface area contributed by atoms with Gasteiger partial charge >= 0.3 is 0 Å². The molecule has 0 spiro atoms. The molecule has 0 amide bonds. The zero-order valence-corrected chi connectivity index (χ0v) is 45.2. The van der Waals surface area contributed by atoms with E-state index in [4.69, 9.17) is 0 Å². The van der Waals surface area contributed by atoms with Crippen LogP contribution in [0.5, 0.6) is 0 Å². The Morgan fingerprint density at radius 1 is 0.218 bits per heavy atom. The van der Waals surface area contributed by atoms with Crippen LogP contribution in [0.2, 0.25) is 0 Å². The third kappa shape index (κ3) is 6.74. The second-order valence-corrected chi connectivity index (χ2v) is 22.1. The fourth-order valence-corrected chi connectivity index (χ4v) is 14.3. The summed E-state index contributed by atoms with van der Waals surface area (Å²) < 4.78 is 9.89. The summed E-state index contributed by atoms with van der Waals surface area (Å²) in [5.74, 6) is 0. The van der Waals surface area contributed by atoms with Crippen LogP contribution in [0.15, 0.2) is 218 Å². The molecule has 11 aromatic carbocycles. The van der Waals surface area contributed by atoms with E-state index in [2.05, 4.69) is 285 Å². The van der Waals surface area contributed by atoms with Crippen LogP contribution in [0.4, 0.5) is 0 Å². The molecule has 5 heteroatoms. The molecular formula is C73H57BN4. The maximum Gasteiger partial charge on any atom is 0.243 e. The normalized spacial score (nSPS) is 12.0. The van der Waals surface area contributed by atoms with E-state index in [1.807, 2.05) is 0 Å². The fraction of sp³-hybridized carbons (Fsp3) is 0.0959. The highest BCUT2D eigenvalue weighted by atomic mass is 15.0. The van der Waals surface area contributed by atoms with Gasteiger partial charge in [-0.05, 0) is 146 Å². The third-order valence-electron chi connectivity index (χ3n) is 17.2. The van der Waals surface area contributed by atoms with E-state index in [-0.39, 0.29) is 6.71 Å². The SMILES string of the molecule is Cc1cc(C)c(B(c2c(C)cc(-n3c4ccccc4c4cc5c(cc43)c3ccccc3n5-c3ccccc3)cc2C)c2c(C)cc(-n3c4ccccc4c4cc5c(cc43)c3ccccc3n5-c3ccccc3)cc2C)c(C)c1. The van der Waals surface area contributed by atoms with Crippen molar-refractivity contribution in [1.82, 2.24) is 18.3 Å². The lowest BCUT2D eigenvalue weighted by atomic mass is 9.33. The van der Waals surface area contributed by atoms with Gasteiger partial charge < -0.3 is 18.3 Å². The standard InChI is InChI=1S/C73H57BN4/c1-44-34-45(2)71(46(3)35-44)74(72-47(4)36-53(37-48(72)5)77-65-32-20-16-28-57(65)61-40-67-59(42-69(61)77)55-26-14-18-30-63(55)75(67)51-22-10-8-11-23-51)73-49(6)38-54(39-50(73)7)78-66-33-21-17-29-58(66)62-41-68-60(43-70(62)78)56-27-15-19-31-64(56)76(68)52-24-12-9-13-25-52/h8-43H,1-7H3. The van der Waals surface area contributed by atoms with Gasteiger partial charge in [0.1, 0.15) is 0 Å². The van der Waals surface area contributed by atoms with Crippen LogP contribution in [0, 0.1) is 48.5 Å². The van der Waals surface area contributed by atoms with E-state index >= 15 is 0 Å². The largest absolute Gasteiger partial charge is 0.309 e. The topological polar surface area (TPSA) is 19.7 Å². The average Bonchev–Trinajstić information content (AvgIpc) is 4.05. The van der Waals surface area contributed by atoms with Crippen molar-refractivity contribution in [3.05, 3.63) is 257 Å². The number of aromatic nitrogens is 4. The van der Waals surface area contributed by atoms with Crippen molar-refractivity contribution in [2.24, 2.45) is 0 Å². The van der Waals surface area contributed by atoms with Gasteiger partial charge in [0.05, 0.1) is 44.1 Å². The summed E-state index contributed by atoms with van der Waals surface area (Å²) in [7, 11) is 0. The molecule has 4 nitrogen and oxygen atoms in total. The van der Waals surface area contributed by atoms with Crippen molar-refractivity contribution in [1.29, 1.82) is 0 Å². The van der Waals surface area contributed by atoms with Crippen LogP contribution >= 0.6 is 0 Å². The van der Waals surface area contributed by atoms with E-state index in [9.17, 15) is 0 Å². The second kappa shape index (κ2) is 17.4. The Balaban J connectivity index is 0.928. The molecule has 78 heavy (non-hydrogen) atoms. The lowest BCUT2D eigenvalue weighted by Gasteiger charge is -2.28. The Morgan fingerprint density at radius 2 is 0.462 bits per heavy atom. The molecule has 0 fully saturated rings. The maximum atomic E-state index is 2.52. The highest BCUT2D eigenvalue weighted by Gasteiger charge is 2.32. The molecule has 0 aliphatic rings. The number of rotatable bonds is 7. The van der Waals surface area contributed by atoms with Crippen LogP contribution in [0.25, 0.3) is 110 Å². The van der Waals surface area contributed by atoms with Crippen molar-refractivity contribution < 1.29 is 0 Å². The van der Waals surface area contributed by atoms with Gasteiger partial charge in [0.25, 0.3) is 0 Å². The van der Waals surface area contributed by atoms with Crippen LogP contribution in [-0.4, -0.2) is 25.0 Å². The monoisotopic (exact) mass is 1000 g/mol. The number of para-hydroxylation sites is 6. The molecule has 4 aromatic heterocycles. The van der Waals surface area contributed by atoms with Gasteiger partial charge in [0, 0.05) is 65.8 Å². The van der Waals surface area contributed by atoms with Crippen LogP contribution in [-0.2, 0) is 0 Å². The van der Waals surface area contributed by atoms with E-state index in [1.165, 1.54) is 165 Å². The van der Waals surface area contributed by atoms with Gasteiger partial charge in [-0.1, -0.05) is 177 Å². The summed E-state index contributed by atoms with van der Waals surface area (Å²) in [5.41, 5.74) is 27.6. The van der Waals surface area contributed by atoms with E-state index in [1.54, 1.807) is 0 Å². The number of hydrogen-bond donors (Lipinski definition) is 0. The Labute approximate surface area is 454 Å². The summed E-state index contributed by atoms with van der Waals surface area (Å²) >= 11 is 0. The maximum absolute atomic E-state index is 2.52. The molecule has 15 aromatic rings. The molecule has 0 N–H and O–H groups in total. The Hall–Kier alpha value is -9.32. The Morgan fingerprint density at radius 3 is 0.756 bits per heavy atom. The predicted octanol–water partition coefficient (Wildman–Crippen LogP) is 16.8. The predicted molar refractivity (Wildman–Crippen MR) is 334 cm³/mol. The highest BCUT2D eigenvalue weighted by molar-refractivity contribution is 6.97. The first-order chi connectivity index (χ1) is 38.1. The minimum absolute atomic E-state index is 0.00233. The zero-order valence-electron chi connectivity index (χ0n) is 45.2. The number of fused-ring (bicyclic) bond motifs is 12. The smallest absolute Gasteiger partial charge is 0.243 e. The second-order valence-electron chi connectivity index (χ2n) is 22.1. The molecule has 0 bridgehead atoms. The first-order valence-corrected chi connectivity index (χ1v) is 27.5. The molecule has 0 aliphatic carbocycles. The minimum Gasteiger partial charge on any atom is -0.309 e. The lowest BCUT2D eigenvalue weighted by Crippen LogP contribution is -2.57.